The summed E-state index contributed by atoms with van der Waals surface area (Å²) in [6.45, 7) is 1.65. The van der Waals surface area contributed by atoms with Gasteiger partial charge >= 0.3 is 0 Å². The Labute approximate surface area is 139 Å². The molecule has 2 rings (SSSR count). The molecule has 0 fully saturated rings. The Morgan fingerprint density at radius 2 is 1.96 bits per heavy atom. The Bertz CT molecular complexity index is 771. The molecule has 1 aromatic carbocycles. The summed E-state index contributed by atoms with van der Waals surface area (Å²) in [6.07, 6.45) is 2.68. The van der Waals surface area contributed by atoms with Crippen LogP contribution in [0.25, 0.3) is 0 Å². The lowest BCUT2D eigenvalue weighted by Gasteiger charge is -2.14. The van der Waals surface area contributed by atoms with E-state index in [4.69, 9.17) is 0 Å². The van der Waals surface area contributed by atoms with E-state index in [1.165, 1.54) is 5.56 Å². The van der Waals surface area contributed by atoms with E-state index in [9.17, 15) is 19.7 Å². The summed E-state index contributed by atoms with van der Waals surface area (Å²) in [7, 11) is 0. The number of nitrogens with zero attached hydrogens (tertiary/aromatic N) is 2. The molecule has 1 atom stereocenters. The van der Waals surface area contributed by atoms with Crippen LogP contribution < -0.4 is 10.9 Å². The molecule has 24 heavy (non-hydrogen) atoms. The molecule has 0 bridgehead atoms. The van der Waals surface area contributed by atoms with E-state index < -0.39 is 10.5 Å². The first-order valence-electron chi connectivity index (χ1n) is 7.64. The van der Waals surface area contributed by atoms with Crippen molar-refractivity contribution in [3.63, 3.8) is 0 Å². The number of nitrogens with one attached hydrogen (secondary N) is 1. The normalized spacial score (nSPS) is 11.7. The summed E-state index contributed by atoms with van der Waals surface area (Å²) in [5, 5.41) is 13.5. The van der Waals surface area contributed by atoms with Crippen molar-refractivity contribution >= 4 is 11.6 Å². The second-order valence-corrected chi connectivity index (χ2v) is 5.60. The molecule has 0 aliphatic carbocycles. The molecule has 0 radical (unpaired) electrons. The minimum Gasteiger partial charge on any atom is -0.352 e. The predicted octanol–water partition coefficient (Wildman–Crippen LogP) is 1.89. The van der Waals surface area contributed by atoms with Gasteiger partial charge in [0.15, 0.2) is 0 Å². The van der Waals surface area contributed by atoms with Gasteiger partial charge < -0.3 is 5.32 Å². The van der Waals surface area contributed by atoms with Crippen LogP contribution in [-0.4, -0.2) is 21.4 Å². The van der Waals surface area contributed by atoms with Crippen molar-refractivity contribution in [2.45, 2.75) is 32.4 Å². The van der Waals surface area contributed by atoms with Gasteiger partial charge in [0.05, 0.1) is 11.1 Å². The fourth-order valence-electron chi connectivity index (χ4n) is 2.33. The van der Waals surface area contributed by atoms with Gasteiger partial charge in [-0.3, -0.25) is 24.3 Å². The smallest absolute Gasteiger partial charge is 0.285 e. The van der Waals surface area contributed by atoms with Gasteiger partial charge in [-0.1, -0.05) is 30.3 Å². The number of carbonyl (C=O) groups is 1. The third-order valence-corrected chi connectivity index (χ3v) is 3.61. The van der Waals surface area contributed by atoms with Crippen LogP contribution in [0.5, 0.6) is 0 Å². The quantitative estimate of drug-likeness (QED) is 0.620. The van der Waals surface area contributed by atoms with Crippen molar-refractivity contribution in [3.05, 3.63) is 74.7 Å². The molecule has 1 aromatic heterocycles. The van der Waals surface area contributed by atoms with Crippen molar-refractivity contribution in [1.82, 2.24) is 9.88 Å². The molecule has 126 valence electrons. The van der Waals surface area contributed by atoms with E-state index in [-0.39, 0.29) is 24.2 Å². The fraction of sp³-hybridized carbons (Fsp3) is 0.294. The topological polar surface area (TPSA) is 94.2 Å². The van der Waals surface area contributed by atoms with Gasteiger partial charge in [-0.05, 0) is 25.3 Å². The molecule has 2 aromatic rings. The maximum absolute atomic E-state index is 12.0. The van der Waals surface area contributed by atoms with Gasteiger partial charge in [0.2, 0.25) is 5.91 Å². The molecule has 1 heterocycles. The highest BCUT2D eigenvalue weighted by Crippen LogP contribution is 2.07. The lowest BCUT2D eigenvalue weighted by atomic mass is 10.1. The zero-order valence-electron chi connectivity index (χ0n) is 13.3. The lowest BCUT2D eigenvalue weighted by molar-refractivity contribution is -0.385. The Hall–Kier alpha value is -2.96. The number of benzene rings is 1. The van der Waals surface area contributed by atoms with Gasteiger partial charge in [-0.2, -0.15) is 0 Å². The summed E-state index contributed by atoms with van der Waals surface area (Å²) in [5.74, 6) is -0.349. The summed E-state index contributed by atoms with van der Waals surface area (Å²) in [5.41, 5.74) is 0.515. The van der Waals surface area contributed by atoms with E-state index in [0.717, 1.165) is 35.7 Å². The first kappa shape index (κ1) is 17.4. The van der Waals surface area contributed by atoms with Crippen LogP contribution >= 0.6 is 0 Å². The Balaban J connectivity index is 1.89. The first-order chi connectivity index (χ1) is 11.5. The molecule has 1 amide bonds. The lowest BCUT2D eigenvalue weighted by Crippen LogP contribution is -2.37. The second kappa shape index (κ2) is 8.05. The minimum absolute atomic E-state index is 0.0629. The number of nitro groups is 1. The van der Waals surface area contributed by atoms with Crippen LogP contribution in [0.15, 0.2) is 53.5 Å². The van der Waals surface area contributed by atoms with E-state index >= 15 is 0 Å². The molecule has 7 heteroatoms. The number of pyridine rings is 1. The van der Waals surface area contributed by atoms with Gasteiger partial charge in [-0.25, -0.2) is 0 Å². The van der Waals surface area contributed by atoms with Crippen LogP contribution in [0.4, 0.5) is 5.69 Å². The zero-order valence-corrected chi connectivity index (χ0v) is 13.3. The highest BCUT2D eigenvalue weighted by atomic mass is 16.6. The maximum Gasteiger partial charge on any atom is 0.285 e. The van der Waals surface area contributed by atoms with Gasteiger partial charge in [0.25, 0.3) is 11.2 Å². The van der Waals surface area contributed by atoms with Crippen molar-refractivity contribution in [1.29, 1.82) is 0 Å². The number of hydrogen-bond donors (Lipinski definition) is 1. The summed E-state index contributed by atoms with van der Waals surface area (Å²) < 4.78 is 1.04. The van der Waals surface area contributed by atoms with Crippen molar-refractivity contribution in [3.8, 4) is 0 Å². The zero-order chi connectivity index (χ0) is 17.5. The standard InChI is InChI=1S/C17H19N3O4/c1-13(7-8-14-5-3-2-4-6-14)18-16(21)12-19-11-15(20(23)24)9-10-17(19)22/h2-6,9-11,13H,7-8,12H2,1H3,(H,18,21)/t13-/m0/s1. The van der Waals surface area contributed by atoms with E-state index in [2.05, 4.69) is 5.32 Å². The van der Waals surface area contributed by atoms with Crippen molar-refractivity contribution in [2.75, 3.05) is 0 Å². The van der Waals surface area contributed by atoms with Crippen LogP contribution in [0.3, 0.4) is 0 Å². The molecule has 0 spiro atoms. The third kappa shape index (κ3) is 5.05. The van der Waals surface area contributed by atoms with E-state index in [0.29, 0.717) is 0 Å². The second-order valence-electron chi connectivity index (χ2n) is 5.60. The predicted molar refractivity (Wildman–Crippen MR) is 89.7 cm³/mol. The number of carbonyl (C=O) groups excluding carboxylic acids is 1. The van der Waals surface area contributed by atoms with Crippen LogP contribution in [0.2, 0.25) is 0 Å². The van der Waals surface area contributed by atoms with Crippen LogP contribution in [0, 0.1) is 10.1 Å². The Morgan fingerprint density at radius 3 is 2.62 bits per heavy atom. The molecule has 1 N–H and O–H groups in total. The summed E-state index contributed by atoms with van der Waals surface area (Å²) in [6, 6.07) is 12.1. The minimum atomic E-state index is -0.601. The number of aryl methyl sites for hydroxylation is 1. The monoisotopic (exact) mass is 329 g/mol. The number of rotatable bonds is 7. The number of amides is 1. The molecule has 0 unspecified atom stereocenters. The number of hydrogen-bond acceptors (Lipinski definition) is 4. The average Bonchev–Trinajstić information content (AvgIpc) is 2.55. The average molecular weight is 329 g/mol. The fourth-order valence-corrected chi connectivity index (χ4v) is 2.33. The van der Waals surface area contributed by atoms with Crippen LogP contribution in [0.1, 0.15) is 18.9 Å². The van der Waals surface area contributed by atoms with Gasteiger partial charge in [0.1, 0.15) is 6.54 Å². The molecule has 7 nitrogen and oxygen atoms in total. The SMILES string of the molecule is C[C@@H](CCc1ccccc1)NC(=O)Cn1cc([N+](=O)[O-])ccc1=O. The molecular formula is C17H19N3O4. The molecule has 0 saturated carbocycles. The summed E-state index contributed by atoms with van der Waals surface area (Å²) in [4.78, 5) is 33.8. The molecule has 0 saturated heterocycles. The number of aromatic nitrogens is 1. The van der Waals surface area contributed by atoms with E-state index in [1.807, 2.05) is 37.3 Å². The third-order valence-electron chi connectivity index (χ3n) is 3.61. The molecular weight excluding hydrogens is 310 g/mol. The van der Waals surface area contributed by atoms with Gasteiger partial charge in [-0.15, -0.1) is 0 Å². The molecule has 0 aliphatic rings. The van der Waals surface area contributed by atoms with Crippen molar-refractivity contribution in [2.24, 2.45) is 0 Å². The van der Waals surface area contributed by atoms with Gasteiger partial charge in [0, 0.05) is 18.2 Å². The van der Waals surface area contributed by atoms with E-state index in [1.54, 1.807) is 0 Å². The van der Waals surface area contributed by atoms with Crippen molar-refractivity contribution < 1.29 is 9.72 Å². The van der Waals surface area contributed by atoms with Crippen LogP contribution in [-0.2, 0) is 17.8 Å². The Kier molecular flexibility index (Phi) is 5.83. The maximum atomic E-state index is 12.0. The first-order valence-corrected chi connectivity index (χ1v) is 7.64. The summed E-state index contributed by atoms with van der Waals surface area (Å²) >= 11 is 0. The Morgan fingerprint density at radius 1 is 1.25 bits per heavy atom. The largest absolute Gasteiger partial charge is 0.352 e. The highest BCUT2D eigenvalue weighted by molar-refractivity contribution is 5.76. The molecule has 0 aliphatic heterocycles. The highest BCUT2D eigenvalue weighted by Gasteiger charge is 2.12.